The summed E-state index contributed by atoms with van der Waals surface area (Å²) in [6, 6.07) is 3.94. The van der Waals surface area contributed by atoms with Crippen molar-refractivity contribution in [1.29, 1.82) is 0 Å². The molecule has 0 spiro atoms. The van der Waals surface area contributed by atoms with Crippen LogP contribution < -0.4 is 48.3 Å². The second-order valence-electron chi connectivity index (χ2n) is 29.0. The number of aliphatic hydroxyl groups excluding tert-OH is 1. The summed E-state index contributed by atoms with van der Waals surface area (Å²) in [5, 5.41) is 71.5. The number of carbonyl (C=O) groups is 15. The number of thioether (sulfide) groups is 2. The van der Waals surface area contributed by atoms with Gasteiger partial charge in [-0.25, -0.2) is 4.79 Å². The van der Waals surface area contributed by atoms with Gasteiger partial charge in [0, 0.05) is 134 Å². The third-order valence-electron chi connectivity index (χ3n) is 19.9. The Morgan fingerprint density at radius 3 is 1.69 bits per heavy atom. The van der Waals surface area contributed by atoms with Crippen molar-refractivity contribution in [3.05, 3.63) is 71.3 Å². The summed E-state index contributed by atoms with van der Waals surface area (Å²) in [7, 11) is 0. The average Bonchev–Trinajstić information content (AvgIpc) is 1.61. The van der Waals surface area contributed by atoms with Gasteiger partial charge in [0.25, 0.3) is 0 Å². The number of unbranched alkanes of at least 4 members (excludes halogenated alkanes) is 1. The Labute approximate surface area is 683 Å². The Morgan fingerprint density at radius 1 is 0.578 bits per heavy atom. The molecule has 37 nitrogen and oxygen atoms in total. The first-order chi connectivity index (χ1) is 55.6. The molecule has 4 aliphatic rings. The number of nitrogens with zero attached hydrogens (tertiary/aromatic N) is 5. The van der Waals surface area contributed by atoms with Gasteiger partial charge in [0.15, 0.2) is 0 Å². The van der Waals surface area contributed by atoms with Crippen molar-refractivity contribution in [2.45, 2.75) is 189 Å². The van der Waals surface area contributed by atoms with Gasteiger partial charge < -0.3 is 97.8 Å². The fourth-order valence-corrected chi connectivity index (χ4v) is 15.7. The molecule has 3 saturated heterocycles. The summed E-state index contributed by atoms with van der Waals surface area (Å²) < 4.78 is 16.8. The first-order valence-corrected chi connectivity index (χ1v) is 41.9. The molecule has 39 heteroatoms. The van der Waals surface area contributed by atoms with Crippen LogP contribution in [-0.2, 0) is 104 Å². The molecule has 0 aliphatic carbocycles. The number of fused-ring (bicyclic) bond motifs is 4. The summed E-state index contributed by atoms with van der Waals surface area (Å²) in [5.74, 6) is -12.0. The zero-order valence-electron chi connectivity index (χ0n) is 66.1. The van der Waals surface area contributed by atoms with E-state index in [1.165, 1.54) is 40.2 Å². The van der Waals surface area contributed by atoms with Gasteiger partial charge in [-0.1, -0.05) is 74.4 Å². The molecule has 6 rings (SSSR count). The minimum Gasteiger partial charge on any atom is -0.480 e. The Bertz CT molecular complexity index is 3560. The number of benzene rings is 2. The predicted octanol–water partition coefficient (Wildman–Crippen LogP) is -1.61. The van der Waals surface area contributed by atoms with Crippen LogP contribution in [0.4, 0.5) is 0 Å². The first-order valence-electron chi connectivity index (χ1n) is 39.6. The minimum absolute atomic E-state index is 0.00957. The molecule has 2 aromatic carbocycles. The minimum atomic E-state index is -1.75. The smallest absolute Gasteiger partial charge is 0.327 e. The van der Waals surface area contributed by atoms with Crippen molar-refractivity contribution in [3.63, 3.8) is 0 Å². The van der Waals surface area contributed by atoms with E-state index in [4.69, 9.17) is 19.9 Å². The summed E-state index contributed by atoms with van der Waals surface area (Å²) in [6.45, 7) is 6.48. The van der Waals surface area contributed by atoms with E-state index < -0.39 is 156 Å². The maximum Gasteiger partial charge on any atom is 0.327 e. The number of ether oxygens (including phenoxy) is 3. The van der Waals surface area contributed by atoms with Gasteiger partial charge in [0.05, 0.1) is 45.6 Å². The number of carboxylic acid groups (broad SMARTS) is 4. The molecule has 116 heavy (non-hydrogen) atoms. The molecule has 10 atom stereocenters. The number of primary amides is 1. The van der Waals surface area contributed by atoms with Crippen LogP contribution in [0, 0.1) is 0 Å². The van der Waals surface area contributed by atoms with Crippen molar-refractivity contribution in [2.24, 2.45) is 5.73 Å². The summed E-state index contributed by atoms with van der Waals surface area (Å²) >= 11 is 2.51. The topological polar surface area (TPSA) is 523 Å². The fraction of sp³-hybridized carbons (Fsp3) is 0.649. The van der Waals surface area contributed by atoms with Gasteiger partial charge in [-0.15, -0.1) is 0 Å². The lowest BCUT2D eigenvalue weighted by atomic mass is 10.0. The van der Waals surface area contributed by atoms with E-state index in [0.29, 0.717) is 76.1 Å². The zero-order valence-corrected chi connectivity index (χ0v) is 67.7. The number of rotatable bonds is 39. The molecule has 2 aromatic rings. The van der Waals surface area contributed by atoms with E-state index in [2.05, 4.69) is 42.5 Å². The standard InChI is InChI=1S/C77H116N14O23S2/c1-3-4-17-54(81-65(96)25-24-64(95)80-27-12-37-113-39-41-114-40-38-112-36-11-26-79-63(94)23-21-61(77(110)111)89-34-32-87(44-66(97)98)30-31-88(33-35-89)45-67(99)100)69(101)84-57-48-115-46-52-15-8-16-53(42-52)47-116-49-58(76(108)109)85-71(103)56(43-51-13-6-5-7-14-51)83-70(102)55(20-22-62(78)93)82-73(105)68(50(2)92)86-72(104)59-18-9-28-90(59)75(107)60-19-10-29-91(60)74(57)106/h5-8,13-16,42,50,54-61,68,92H,3-4,9-12,17-41,43-49H2,1-2H3,(H2,78,93)(H,79,94)(H,80,95)(H,81,96)(H,82,105)(H,83,102)(H,84,101)(H,85,103)(H,86,104)(H,97,98)(H,99,100)(H,108,109)(H,110,111)/t50-,54+,55+,56+,57+,58+,59+,60+,61?,68+/m1/s1. The predicted molar refractivity (Wildman–Crippen MR) is 425 cm³/mol. The highest BCUT2D eigenvalue weighted by molar-refractivity contribution is 7.98. The quantitative estimate of drug-likeness (QED) is 0.0335. The van der Waals surface area contributed by atoms with Gasteiger partial charge in [0.2, 0.25) is 65.0 Å². The number of nitrogens with two attached hydrogens (primary N) is 1. The molecule has 11 amide bonds. The lowest BCUT2D eigenvalue weighted by molar-refractivity contribution is -0.148. The monoisotopic (exact) mass is 1670 g/mol. The molecule has 4 aliphatic heterocycles. The van der Waals surface area contributed by atoms with Crippen LogP contribution in [0.25, 0.3) is 0 Å². The number of aliphatic hydroxyl groups is 1. The van der Waals surface area contributed by atoms with Gasteiger partial charge >= 0.3 is 23.9 Å². The van der Waals surface area contributed by atoms with E-state index in [9.17, 15) is 92.7 Å². The maximum absolute atomic E-state index is 15.1. The number of hydrogen-bond acceptors (Lipinski definition) is 24. The van der Waals surface area contributed by atoms with Crippen LogP contribution in [-0.4, -0.2) is 329 Å². The highest BCUT2D eigenvalue weighted by atomic mass is 32.2. The van der Waals surface area contributed by atoms with Crippen LogP contribution >= 0.6 is 23.5 Å². The Morgan fingerprint density at radius 2 is 1.12 bits per heavy atom. The Kier molecular flexibility index (Phi) is 42.8. The molecule has 2 bridgehead atoms. The third-order valence-corrected chi connectivity index (χ3v) is 22.1. The van der Waals surface area contributed by atoms with Crippen molar-refractivity contribution in [2.75, 3.05) is 130 Å². The summed E-state index contributed by atoms with van der Waals surface area (Å²) in [4.78, 5) is 208. The van der Waals surface area contributed by atoms with Crippen LogP contribution in [0.2, 0.25) is 0 Å². The molecular weight excluding hydrogens is 1550 g/mol. The number of hydrogen-bond donors (Lipinski definition) is 14. The first kappa shape index (κ1) is 95.8. The molecule has 15 N–H and O–H groups in total. The molecule has 0 saturated carbocycles. The molecule has 644 valence electrons. The fourth-order valence-electron chi connectivity index (χ4n) is 13.7. The van der Waals surface area contributed by atoms with Gasteiger partial charge in [0.1, 0.15) is 54.4 Å². The number of carbonyl (C=O) groups excluding carboxylic acids is 11. The molecule has 1 unspecified atom stereocenters. The SMILES string of the molecule is CCCC[C@H](NC(=O)CCC(=O)NCCCOCCOCCOCCCNC(=O)CCC(C(=O)O)N1CCN(CC(=O)O)CCN(CC(=O)O)CC1)C(=O)N[C@H]1CSCc2cccc(c2)CSC[C@@H](C(=O)O)NC(=O)[C@H](Cc2ccccc2)NC(=O)[C@H](CCC(N)=O)NC(=O)[C@H]([C@@H](C)O)NC(=O)[C@@H]2CCCN2C(=O)[C@@H]2CCCN2C1=O. The molecule has 3 fully saturated rings. The van der Waals surface area contributed by atoms with E-state index in [1.807, 2.05) is 31.2 Å². The Balaban J connectivity index is 0.988. The van der Waals surface area contributed by atoms with E-state index in [-0.39, 0.29) is 166 Å². The van der Waals surface area contributed by atoms with Gasteiger partial charge in [-0.2, -0.15) is 23.5 Å². The second kappa shape index (κ2) is 51.9. The van der Waals surface area contributed by atoms with Crippen LogP contribution in [0.5, 0.6) is 0 Å². The van der Waals surface area contributed by atoms with Crippen molar-refractivity contribution < 1.29 is 112 Å². The number of carboxylic acids is 4. The highest BCUT2D eigenvalue weighted by Crippen LogP contribution is 2.28. The van der Waals surface area contributed by atoms with Gasteiger partial charge in [-0.3, -0.25) is 81.8 Å². The molecule has 0 radical (unpaired) electrons. The maximum atomic E-state index is 15.1. The van der Waals surface area contributed by atoms with E-state index in [1.54, 1.807) is 45.0 Å². The number of nitrogens with one attached hydrogen (secondary N) is 8. The number of amides is 11. The lowest BCUT2D eigenvalue weighted by Gasteiger charge is -2.34. The third kappa shape index (κ3) is 34.6. The van der Waals surface area contributed by atoms with Crippen LogP contribution in [0.1, 0.15) is 127 Å². The summed E-state index contributed by atoms with van der Waals surface area (Å²) in [5.41, 5.74) is 7.65. The van der Waals surface area contributed by atoms with E-state index >= 15 is 4.79 Å². The molecule has 0 aromatic heterocycles. The average molecular weight is 1670 g/mol. The van der Waals surface area contributed by atoms with Crippen LogP contribution in [0.15, 0.2) is 54.6 Å². The van der Waals surface area contributed by atoms with E-state index in [0.717, 1.165) is 11.1 Å². The molecule has 4 heterocycles. The van der Waals surface area contributed by atoms with Gasteiger partial charge in [-0.05, 0) is 81.4 Å². The number of aliphatic carboxylic acids is 4. The Hall–Kier alpha value is -9.09. The normalized spacial score (nSPS) is 21.8. The second-order valence-corrected chi connectivity index (χ2v) is 31.1. The highest BCUT2D eigenvalue weighted by Gasteiger charge is 2.45. The zero-order chi connectivity index (χ0) is 84.5. The van der Waals surface area contributed by atoms with Crippen molar-refractivity contribution >= 4 is 112 Å². The molecular formula is C77H116N14O23S2. The largest absolute Gasteiger partial charge is 0.480 e. The van der Waals surface area contributed by atoms with Crippen molar-refractivity contribution in [3.8, 4) is 0 Å². The summed E-state index contributed by atoms with van der Waals surface area (Å²) in [6.07, 6.45) is 0.128. The lowest BCUT2D eigenvalue weighted by Crippen LogP contribution is -2.61. The van der Waals surface area contributed by atoms with Crippen LogP contribution in [0.3, 0.4) is 0 Å². The van der Waals surface area contributed by atoms with Crippen molar-refractivity contribution in [1.82, 2.24) is 67.0 Å².